The molecule has 0 unspecified atom stereocenters. The maximum Gasteiger partial charge on any atom is 0.175 e. The van der Waals surface area contributed by atoms with Crippen molar-refractivity contribution < 1.29 is 4.74 Å². The van der Waals surface area contributed by atoms with Gasteiger partial charge in [0.15, 0.2) is 16.7 Å². The Balaban J connectivity index is 2.45. The van der Waals surface area contributed by atoms with Gasteiger partial charge in [0, 0.05) is 5.56 Å². The van der Waals surface area contributed by atoms with Gasteiger partial charge >= 0.3 is 0 Å². The van der Waals surface area contributed by atoms with Gasteiger partial charge in [-0.05, 0) is 13.0 Å². The van der Waals surface area contributed by atoms with Crippen LogP contribution in [0, 0.1) is 6.92 Å². The smallest absolute Gasteiger partial charge is 0.175 e. The van der Waals surface area contributed by atoms with Crippen LogP contribution in [-0.2, 0) is 0 Å². The van der Waals surface area contributed by atoms with Crippen LogP contribution in [0.25, 0.3) is 11.4 Å². The largest absolute Gasteiger partial charge is 0.492 e. The average Bonchev–Trinajstić information content (AvgIpc) is 2.29. The van der Waals surface area contributed by atoms with Crippen molar-refractivity contribution >= 4 is 11.6 Å². The van der Waals surface area contributed by atoms with Gasteiger partial charge < -0.3 is 4.74 Å². The molecule has 82 valence electrons. The van der Waals surface area contributed by atoms with Gasteiger partial charge in [-0.3, -0.25) is 0 Å². The number of aryl methyl sites for hydroxylation is 1. The molecule has 0 atom stereocenters. The Hall–Kier alpha value is -1.61. The van der Waals surface area contributed by atoms with Gasteiger partial charge in [-0.15, -0.1) is 0 Å². The van der Waals surface area contributed by atoms with Gasteiger partial charge in [-0.25, -0.2) is 9.97 Å². The highest BCUT2D eigenvalue weighted by Gasteiger charge is 2.06. The molecule has 1 aromatic heterocycles. The van der Waals surface area contributed by atoms with Gasteiger partial charge in [0.05, 0.1) is 13.3 Å². The zero-order valence-electron chi connectivity index (χ0n) is 9.07. The zero-order chi connectivity index (χ0) is 11.5. The second kappa shape index (κ2) is 4.49. The molecule has 1 heterocycles. The number of ether oxygens (including phenoxy) is 1. The van der Waals surface area contributed by atoms with Crippen molar-refractivity contribution in [3.8, 4) is 17.1 Å². The number of benzene rings is 1. The summed E-state index contributed by atoms with van der Waals surface area (Å²) in [6, 6.07) is 7.95. The fourth-order valence-electron chi connectivity index (χ4n) is 1.41. The maximum atomic E-state index is 5.94. The first kappa shape index (κ1) is 10.9. The fraction of sp³-hybridized carbons (Fsp3) is 0.167. The lowest BCUT2D eigenvalue weighted by Gasteiger charge is -2.04. The summed E-state index contributed by atoms with van der Waals surface area (Å²) in [6.45, 7) is 2.02. The fourth-order valence-corrected chi connectivity index (χ4v) is 1.62. The van der Waals surface area contributed by atoms with E-state index in [9.17, 15) is 0 Å². The summed E-state index contributed by atoms with van der Waals surface area (Å²) in [6.07, 6.45) is 1.58. The molecule has 0 saturated heterocycles. The lowest BCUT2D eigenvalue weighted by atomic mass is 10.1. The maximum absolute atomic E-state index is 5.94. The number of hydrogen-bond donors (Lipinski definition) is 0. The third-order valence-corrected chi connectivity index (χ3v) is 2.48. The van der Waals surface area contributed by atoms with Crippen LogP contribution in [0.5, 0.6) is 5.75 Å². The molecule has 0 radical (unpaired) electrons. The van der Waals surface area contributed by atoms with Crippen molar-refractivity contribution in [3.63, 3.8) is 0 Å². The number of nitrogens with zero attached hydrogens (tertiary/aromatic N) is 2. The van der Waals surface area contributed by atoms with Gasteiger partial charge in [0.1, 0.15) is 0 Å². The van der Waals surface area contributed by atoms with Crippen LogP contribution in [0.15, 0.2) is 30.5 Å². The first-order valence-electron chi connectivity index (χ1n) is 4.84. The Kier molecular flexibility index (Phi) is 3.06. The van der Waals surface area contributed by atoms with Crippen LogP contribution in [0.4, 0.5) is 0 Å². The lowest BCUT2D eigenvalue weighted by molar-refractivity contribution is 0.411. The van der Waals surface area contributed by atoms with Crippen LogP contribution in [-0.4, -0.2) is 17.1 Å². The third kappa shape index (κ3) is 2.14. The van der Waals surface area contributed by atoms with Crippen LogP contribution in [0.2, 0.25) is 5.15 Å². The zero-order valence-corrected chi connectivity index (χ0v) is 9.82. The molecule has 0 fully saturated rings. The van der Waals surface area contributed by atoms with E-state index in [-0.39, 0.29) is 0 Å². The van der Waals surface area contributed by atoms with E-state index in [0.717, 1.165) is 11.1 Å². The first-order chi connectivity index (χ1) is 7.70. The highest BCUT2D eigenvalue weighted by atomic mass is 35.5. The van der Waals surface area contributed by atoms with Gasteiger partial charge in [-0.2, -0.15) is 0 Å². The number of rotatable bonds is 2. The van der Waals surface area contributed by atoms with Crippen LogP contribution in [0.3, 0.4) is 0 Å². The summed E-state index contributed by atoms with van der Waals surface area (Å²) in [5.74, 6) is 1.09. The highest BCUT2D eigenvalue weighted by molar-refractivity contribution is 6.30. The van der Waals surface area contributed by atoms with Crippen molar-refractivity contribution in [1.29, 1.82) is 0 Å². The van der Waals surface area contributed by atoms with E-state index in [4.69, 9.17) is 16.3 Å². The first-order valence-corrected chi connectivity index (χ1v) is 5.22. The second-order valence-corrected chi connectivity index (χ2v) is 3.78. The molecule has 1 aromatic carbocycles. The summed E-state index contributed by atoms with van der Waals surface area (Å²) < 4.78 is 5.00. The minimum absolute atomic E-state index is 0.328. The highest BCUT2D eigenvalue weighted by Crippen LogP contribution is 2.24. The second-order valence-electron chi connectivity index (χ2n) is 3.42. The molecule has 0 bridgehead atoms. The molecular weight excluding hydrogens is 224 g/mol. The molecule has 0 aliphatic heterocycles. The van der Waals surface area contributed by atoms with Crippen molar-refractivity contribution in [2.75, 3.05) is 7.11 Å². The quantitative estimate of drug-likeness (QED) is 0.749. The molecule has 0 N–H and O–H groups in total. The number of aromatic nitrogens is 2. The summed E-state index contributed by atoms with van der Waals surface area (Å²) in [4.78, 5) is 8.39. The van der Waals surface area contributed by atoms with Gasteiger partial charge in [0.25, 0.3) is 0 Å². The van der Waals surface area contributed by atoms with E-state index in [1.807, 2.05) is 31.2 Å². The van der Waals surface area contributed by atoms with Crippen LogP contribution < -0.4 is 4.74 Å². The third-order valence-electron chi connectivity index (χ3n) is 2.21. The van der Waals surface area contributed by atoms with Gasteiger partial charge in [-0.1, -0.05) is 35.4 Å². The Morgan fingerprint density at radius 1 is 1.31 bits per heavy atom. The van der Waals surface area contributed by atoms with E-state index < -0.39 is 0 Å². The topological polar surface area (TPSA) is 35.0 Å². The minimum Gasteiger partial charge on any atom is -0.492 e. The monoisotopic (exact) mass is 234 g/mol. The average molecular weight is 235 g/mol. The molecule has 4 heteroatoms. The number of halogens is 1. The predicted octanol–water partition coefficient (Wildman–Crippen LogP) is 3.11. The standard InChI is InChI=1S/C12H11ClN2O/c1-8-4-3-5-9(6-8)12-14-7-10(16-2)11(13)15-12/h3-7H,1-2H3. The Morgan fingerprint density at radius 3 is 2.75 bits per heavy atom. The summed E-state index contributed by atoms with van der Waals surface area (Å²) in [5.41, 5.74) is 2.11. The molecule has 0 spiro atoms. The summed E-state index contributed by atoms with van der Waals surface area (Å²) in [5, 5.41) is 0.328. The number of methoxy groups -OCH3 is 1. The van der Waals surface area contributed by atoms with Crippen LogP contribution in [0.1, 0.15) is 5.56 Å². The van der Waals surface area contributed by atoms with Crippen molar-refractivity contribution in [2.45, 2.75) is 6.92 Å². The molecule has 2 aromatic rings. The molecule has 0 aliphatic rings. The Morgan fingerprint density at radius 2 is 2.12 bits per heavy atom. The summed E-state index contributed by atoms with van der Waals surface area (Å²) in [7, 11) is 1.54. The predicted molar refractivity (Wildman–Crippen MR) is 63.8 cm³/mol. The SMILES string of the molecule is COc1cnc(-c2cccc(C)c2)nc1Cl. The van der Waals surface area contributed by atoms with Crippen molar-refractivity contribution in [1.82, 2.24) is 9.97 Å². The van der Waals surface area contributed by atoms with E-state index in [1.165, 1.54) is 7.11 Å². The lowest BCUT2D eigenvalue weighted by Crippen LogP contribution is -1.93. The molecular formula is C12H11ClN2O. The van der Waals surface area contributed by atoms with Gasteiger partial charge in [0.2, 0.25) is 0 Å². The summed E-state index contributed by atoms with van der Waals surface area (Å²) >= 11 is 5.94. The minimum atomic E-state index is 0.328. The molecule has 2 rings (SSSR count). The van der Waals surface area contributed by atoms with E-state index in [0.29, 0.717) is 16.7 Å². The van der Waals surface area contributed by atoms with E-state index in [1.54, 1.807) is 6.20 Å². The molecule has 0 aliphatic carbocycles. The Bertz CT molecular complexity index is 514. The molecule has 16 heavy (non-hydrogen) atoms. The van der Waals surface area contributed by atoms with Crippen molar-refractivity contribution in [3.05, 3.63) is 41.2 Å². The Labute approximate surface area is 99.1 Å². The molecule has 0 saturated carbocycles. The molecule has 3 nitrogen and oxygen atoms in total. The van der Waals surface area contributed by atoms with Crippen LogP contribution >= 0.6 is 11.6 Å². The molecule has 0 amide bonds. The van der Waals surface area contributed by atoms with Crippen molar-refractivity contribution in [2.24, 2.45) is 0 Å². The number of hydrogen-bond acceptors (Lipinski definition) is 3. The van der Waals surface area contributed by atoms with E-state index in [2.05, 4.69) is 9.97 Å². The van der Waals surface area contributed by atoms with E-state index >= 15 is 0 Å². The normalized spacial score (nSPS) is 10.2.